The first-order valence-electron chi connectivity index (χ1n) is 3.35. The predicted molar refractivity (Wildman–Crippen MR) is 44.4 cm³/mol. The first-order chi connectivity index (χ1) is 6.65. The number of nitrogens with zero attached hydrogens (tertiary/aromatic N) is 5. The SMILES string of the molecule is [N-]=[N+]=NC(=O)c1ccnc([N+](=O)[O-])c1. The molecule has 1 aromatic rings. The number of hydrogen-bond donors (Lipinski definition) is 0. The number of nitro groups is 1. The van der Waals surface area contributed by atoms with Crippen LogP contribution in [-0.2, 0) is 0 Å². The quantitative estimate of drug-likeness (QED) is 0.232. The molecule has 0 aliphatic heterocycles. The van der Waals surface area contributed by atoms with Gasteiger partial charge in [-0.25, -0.2) is 0 Å². The highest BCUT2D eigenvalue weighted by Gasteiger charge is 2.11. The number of carbonyl (C=O) groups excluding carboxylic acids is 1. The van der Waals surface area contributed by atoms with Gasteiger partial charge in [0.1, 0.15) is 6.20 Å². The van der Waals surface area contributed by atoms with Crippen molar-refractivity contribution >= 4 is 11.7 Å². The summed E-state index contributed by atoms with van der Waals surface area (Å²) < 4.78 is 0. The van der Waals surface area contributed by atoms with Crippen LogP contribution < -0.4 is 0 Å². The molecule has 0 unspecified atom stereocenters. The first-order valence-corrected chi connectivity index (χ1v) is 3.35. The maximum absolute atomic E-state index is 10.9. The molecule has 1 amide bonds. The Morgan fingerprint density at radius 3 is 3.00 bits per heavy atom. The number of pyridine rings is 1. The summed E-state index contributed by atoms with van der Waals surface area (Å²) >= 11 is 0. The summed E-state index contributed by atoms with van der Waals surface area (Å²) in [6.45, 7) is 0. The Balaban J connectivity index is 3.11. The van der Waals surface area contributed by atoms with E-state index in [0.29, 0.717) is 0 Å². The standard InChI is InChI=1S/C6H3N5O3/c7-10-9-6(12)4-1-2-8-5(3-4)11(13)14/h1-3H. The molecule has 1 aromatic heterocycles. The second-order valence-corrected chi connectivity index (χ2v) is 2.15. The van der Waals surface area contributed by atoms with Gasteiger partial charge in [0.05, 0.1) is 0 Å². The predicted octanol–water partition coefficient (Wildman–Crippen LogP) is 1.44. The number of azide groups is 1. The van der Waals surface area contributed by atoms with E-state index in [4.69, 9.17) is 5.53 Å². The molecule has 1 heterocycles. The van der Waals surface area contributed by atoms with Gasteiger partial charge in [-0.3, -0.25) is 4.79 Å². The van der Waals surface area contributed by atoms with Crippen molar-refractivity contribution in [2.45, 2.75) is 0 Å². The van der Waals surface area contributed by atoms with Gasteiger partial charge in [0.2, 0.25) is 5.91 Å². The molecule has 0 aliphatic carbocycles. The summed E-state index contributed by atoms with van der Waals surface area (Å²) in [7, 11) is 0. The Bertz CT molecular complexity index is 437. The molecular formula is C6H3N5O3. The van der Waals surface area contributed by atoms with Gasteiger partial charge < -0.3 is 10.1 Å². The normalized spacial score (nSPS) is 8.86. The second kappa shape index (κ2) is 3.97. The van der Waals surface area contributed by atoms with Crippen LogP contribution in [0.15, 0.2) is 23.4 Å². The van der Waals surface area contributed by atoms with Crippen molar-refractivity contribution in [2.75, 3.05) is 0 Å². The van der Waals surface area contributed by atoms with Crippen molar-refractivity contribution in [3.8, 4) is 0 Å². The Hall–Kier alpha value is -2.47. The molecule has 8 nitrogen and oxygen atoms in total. The van der Waals surface area contributed by atoms with Gasteiger partial charge in [-0.05, 0) is 26.6 Å². The van der Waals surface area contributed by atoms with E-state index in [2.05, 4.69) is 15.0 Å². The highest BCUT2D eigenvalue weighted by molar-refractivity contribution is 5.95. The summed E-state index contributed by atoms with van der Waals surface area (Å²) in [6, 6.07) is 2.17. The van der Waals surface area contributed by atoms with Gasteiger partial charge in [-0.15, -0.1) is 0 Å². The summed E-state index contributed by atoms with van der Waals surface area (Å²) in [5.74, 6) is -1.35. The third-order valence-electron chi connectivity index (χ3n) is 1.32. The third-order valence-corrected chi connectivity index (χ3v) is 1.32. The summed E-state index contributed by atoms with van der Waals surface area (Å²) in [4.78, 5) is 26.1. The van der Waals surface area contributed by atoms with Gasteiger partial charge in [-0.1, -0.05) is 0 Å². The average molecular weight is 193 g/mol. The van der Waals surface area contributed by atoms with Crippen molar-refractivity contribution < 1.29 is 9.72 Å². The van der Waals surface area contributed by atoms with E-state index in [1.807, 2.05) is 0 Å². The zero-order chi connectivity index (χ0) is 10.6. The van der Waals surface area contributed by atoms with Crippen LogP contribution in [0, 0.1) is 10.1 Å². The monoisotopic (exact) mass is 193 g/mol. The van der Waals surface area contributed by atoms with Crippen LogP contribution in [0.25, 0.3) is 10.4 Å². The highest BCUT2D eigenvalue weighted by atomic mass is 16.6. The highest BCUT2D eigenvalue weighted by Crippen LogP contribution is 2.09. The van der Waals surface area contributed by atoms with E-state index in [-0.39, 0.29) is 5.56 Å². The molecule has 0 aromatic carbocycles. The summed E-state index contributed by atoms with van der Waals surface area (Å²) in [5, 5.41) is 13.0. The number of aromatic nitrogens is 1. The molecule has 0 spiro atoms. The number of carbonyl (C=O) groups is 1. The van der Waals surface area contributed by atoms with Gasteiger partial charge in [-0.2, -0.15) is 0 Å². The Kier molecular flexibility index (Phi) is 2.72. The van der Waals surface area contributed by atoms with E-state index in [0.717, 1.165) is 12.3 Å². The van der Waals surface area contributed by atoms with Crippen molar-refractivity contribution in [2.24, 2.45) is 5.11 Å². The van der Waals surface area contributed by atoms with Gasteiger partial charge >= 0.3 is 5.82 Å². The minimum atomic E-state index is -0.877. The molecule has 0 N–H and O–H groups in total. The number of rotatable bonds is 2. The average Bonchev–Trinajstić information content (AvgIpc) is 2.18. The molecule has 0 atom stereocenters. The van der Waals surface area contributed by atoms with Crippen molar-refractivity contribution in [1.82, 2.24) is 4.98 Å². The molecule has 70 valence electrons. The van der Waals surface area contributed by atoms with Crippen molar-refractivity contribution in [1.29, 1.82) is 0 Å². The Morgan fingerprint density at radius 2 is 2.43 bits per heavy atom. The molecule has 8 heteroatoms. The van der Waals surface area contributed by atoms with Crippen molar-refractivity contribution in [3.63, 3.8) is 0 Å². The molecule has 14 heavy (non-hydrogen) atoms. The lowest BCUT2D eigenvalue weighted by atomic mass is 10.2. The summed E-state index contributed by atoms with van der Waals surface area (Å²) in [6.07, 6.45) is 1.10. The molecule has 0 saturated heterocycles. The topological polar surface area (TPSA) is 122 Å². The van der Waals surface area contributed by atoms with E-state index in [1.54, 1.807) is 0 Å². The Labute approximate surface area is 77.0 Å². The van der Waals surface area contributed by atoms with Gasteiger partial charge in [0.25, 0.3) is 0 Å². The summed E-state index contributed by atoms with van der Waals surface area (Å²) in [5.41, 5.74) is 7.90. The van der Waals surface area contributed by atoms with E-state index < -0.39 is 16.6 Å². The zero-order valence-electron chi connectivity index (χ0n) is 6.69. The third kappa shape index (κ3) is 2.02. The fraction of sp³-hybridized carbons (Fsp3) is 0. The second-order valence-electron chi connectivity index (χ2n) is 2.15. The maximum Gasteiger partial charge on any atom is 0.364 e. The minimum absolute atomic E-state index is 0.0653. The van der Waals surface area contributed by atoms with Crippen LogP contribution in [0.4, 0.5) is 5.82 Å². The van der Waals surface area contributed by atoms with Crippen LogP contribution in [0.2, 0.25) is 0 Å². The van der Waals surface area contributed by atoms with E-state index in [1.165, 1.54) is 6.07 Å². The molecule has 0 bridgehead atoms. The van der Waals surface area contributed by atoms with Crippen LogP contribution >= 0.6 is 0 Å². The van der Waals surface area contributed by atoms with E-state index in [9.17, 15) is 14.9 Å². The lowest BCUT2D eigenvalue weighted by Crippen LogP contribution is -1.97. The fourth-order valence-corrected chi connectivity index (χ4v) is 0.750. The minimum Gasteiger partial charge on any atom is -0.358 e. The van der Waals surface area contributed by atoms with Crippen LogP contribution in [0.3, 0.4) is 0 Å². The van der Waals surface area contributed by atoms with Gasteiger partial charge in [0.15, 0.2) is 0 Å². The fourth-order valence-electron chi connectivity index (χ4n) is 0.750. The lowest BCUT2D eigenvalue weighted by molar-refractivity contribution is -0.389. The molecule has 1 rings (SSSR count). The maximum atomic E-state index is 10.9. The van der Waals surface area contributed by atoms with Crippen molar-refractivity contribution in [3.05, 3.63) is 44.5 Å². The smallest absolute Gasteiger partial charge is 0.358 e. The lowest BCUT2D eigenvalue weighted by Gasteiger charge is -1.93. The number of hydrogen-bond acceptors (Lipinski definition) is 4. The van der Waals surface area contributed by atoms with Crippen LogP contribution in [0.1, 0.15) is 10.4 Å². The van der Waals surface area contributed by atoms with Crippen LogP contribution in [-0.4, -0.2) is 15.8 Å². The largest absolute Gasteiger partial charge is 0.364 e. The van der Waals surface area contributed by atoms with Crippen LogP contribution in [0.5, 0.6) is 0 Å². The first kappa shape index (κ1) is 9.62. The number of amides is 1. The molecule has 0 radical (unpaired) electrons. The Morgan fingerprint density at radius 1 is 1.71 bits per heavy atom. The molecular weight excluding hydrogens is 190 g/mol. The molecule has 0 fully saturated rings. The zero-order valence-corrected chi connectivity index (χ0v) is 6.69. The van der Waals surface area contributed by atoms with E-state index >= 15 is 0 Å². The molecule has 0 saturated carbocycles. The van der Waals surface area contributed by atoms with Gasteiger partial charge in [0, 0.05) is 16.5 Å². The molecule has 0 aliphatic rings.